The second-order valence-electron chi connectivity index (χ2n) is 7.40. The van der Waals surface area contributed by atoms with Crippen molar-refractivity contribution in [2.75, 3.05) is 39.0 Å². The van der Waals surface area contributed by atoms with Crippen molar-refractivity contribution in [3.05, 3.63) is 21.9 Å². The summed E-state index contributed by atoms with van der Waals surface area (Å²) in [5.74, 6) is 2.24. The lowest BCUT2D eigenvalue weighted by molar-refractivity contribution is 0.191. The first-order valence-corrected chi connectivity index (χ1v) is 10.7. The molecule has 1 fully saturated rings. The van der Waals surface area contributed by atoms with Crippen molar-refractivity contribution in [3.8, 4) is 0 Å². The van der Waals surface area contributed by atoms with Gasteiger partial charge in [0.2, 0.25) is 0 Å². The number of aliphatic imine (C=N–C) groups is 1. The van der Waals surface area contributed by atoms with Gasteiger partial charge in [-0.25, -0.2) is 0 Å². The first-order valence-electron chi connectivity index (χ1n) is 8.87. The number of hydrogen-bond donors (Lipinski definition) is 1. The fourth-order valence-electron chi connectivity index (χ4n) is 3.54. The molecule has 0 radical (unpaired) electrons. The van der Waals surface area contributed by atoms with Gasteiger partial charge in [0.1, 0.15) is 0 Å². The number of fused-ring (bicyclic) bond motifs is 1. The molecule has 3 heterocycles. The van der Waals surface area contributed by atoms with Crippen LogP contribution in [0, 0.1) is 0 Å². The van der Waals surface area contributed by atoms with Crippen LogP contribution in [-0.2, 0) is 13.0 Å². The summed E-state index contributed by atoms with van der Waals surface area (Å²) in [6.45, 7) is 12.3. The van der Waals surface area contributed by atoms with Crippen LogP contribution in [0.15, 0.2) is 16.4 Å². The van der Waals surface area contributed by atoms with Crippen molar-refractivity contribution in [1.82, 2.24) is 15.1 Å². The molecule has 1 aromatic rings. The Bertz CT molecular complexity index is 581. The third-order valence-corrected chi connectivity index (χ3v) is 7.27. The van der Waals surface area contributed by atoms with E-state index in [0.29, 0.717) is 10.8 Å². The summed E-state index contributed by atoms with van der Waals surface area (Å²) in [4.78, 5) is 11.1. The van der Waals surface area contributed by atoms with Crippen LogP contribution in [0.4, 0.5) is 0 Å². The molecule has 1 aromatic heterocycles. The Balaban J connectivity index is 1.52. The van der Waals surface area contributed by atoms with E-state index in [0.717, 1.165) is 32.1 Å². The molecule has 0 spiro atoms. The summed E-state index contributed by atoms with van der Waals surface area (Å²) in [6, 6.07) is 2.81. The highest BCUT2D eigenvalue weighted by Gasteiger charge is 2.29. The van der Waals surface area contributed by atoms with Gasteiger partial charge in [-0.1, -0.05) is 0 Å². The predicted molar refractivity (Wildman–Crippen MR) is 107 cm³/mol. The summed E-state index contributed by atoms with van der Waals surface area (Å²) in [6.07, 6.45) is 1.20. The van der Waals surface area contributed by atoms with Crippen molar-refractivity contribution < 1.29 is 0 Å². The fourth-order valence-corrected chi connectivity index (χ4v) is 5.55. The van der Waals surface area contributed by atoms with Crippen molar-refractivity contribution in [3.63, 3.8) is 0 Å². The smallest absolute Gasteiger partial charge is 0.193 e. The molecule has 134 valence electrons. The van der Waals surface area contributed by atoms with E-state index in [1.165, 1.54) is 24.3 Å². The van der Waals surface area contributed by atoms with Crippen molar-refractivity contribution in [2.45, 2.75) is 44.5 Å². The van der Waals surface area contributed by atoms with E-state index in [1.807, 2.05) is 18.4 Å². The molecule has 0 aliphatic carbocycles. The van der Waals surface area contributed by atoms with E-state index in [2.05, 4.69) is 64.1 Å². The van der Waals surface area contributed by atoms with E-state index < -0.39 is 0 Å². The zero-order valence-electron chi connectivity index (χ0n) is 15.3. The Hall–Kier alpha value is -0.720. The minimum Gasteiger partial charge on any atom is -0.355 e. The Morgan fingerprint density at radius 1 is 1.42 bits per heavy atom. The lowest BCUT2D eigenvalue weighted by Gasteiger charge is -2.40. The summed E-state index contributed by atoms with van der Waals surface area (Å²) >= 11 is 3.97. The molecule has 4 nitrogen and oxygen atoms in total. The quantitative estimate of drug-likeness (QED) is 0.658. The maximum absolute atomic E-state index is 4.53. The minimum absolute atomic E-state index is 0.309. The van der Waals surface area contributed by atoms with Gasteiger partial charge in [0.25, 0.3) is 0 Å². The van der Waals surface area contributed by atoms with Crippen LogP contribution in [0.3, 0.4) is 0 Å². The molecular weight excluding hydrogens is 336 g/mol. The highest BCUT2D eigenvalue weighted by atomic mass is 32.2. The molecule has 1 atom stereocenters. The predicted octanol–water partition coefficient (Wildman–Crippen LogP) is 2.90. The number of hydrogen-bond acceptors (Lipinski definition) is 4. The zero-order valence-corrected chi connectivity index (χ0v) is 17.0. The standard InChI is InChI=1S/C18H30N4S2/c1-14(21-7-5-16-15(12-21)6-9-23-16)11-20-17(19-4)22-8-10-24-18(2,3)13-22/h6,9,14H,5,7-8,10-13H2,1-4H3,(H,19,20). The Morgan fingerprint density at radius 3 is 3.00 bits per heavy atom. The van der Waals surface area contributed by atoms with Crippen LogP contribution in [0.1, 0.15) is 31.2 Å². The lowest BCUT2D eigenvalue weighted by Crippen LogP contribution is -2.53. The highest BCUT2D eigenvalue weighted by molar-refractivity contribution is 8.00. The summed E-state index contributed by atoms with van der Waals surface area (Å²) in [5, 5.41) is 5.85. The van der Waals surface area contributed by atoms with Gasteiger partial charge >= 0.3 is 0 Å². The third-order valence-electron chi connectivity index (χ3n) is 4.95. The number of nitrogens with one attached hydrogen (secondary N) is 1. The van der Waals surface area contributed by atoms with Crippen LogP contribution in [0.5, 0.6) is 0 Å². The normalized spacial score (nSPS) is 23.0. The molecule has 2 aliphatic heterocycles. The maximum Gasteiger partial charge on any atom is 0.193 e. The Labute approximate surface area is 154 Å². The van der Waals surface area contributed by atoms with Crippen LogP contribution in [0.25, 0.3) is 0 Å². The molecule has 0 amide bonds. The molecular formula is C18H30N4S2. The zero-order chi connectivity index (χ0) is 17.2. The van der Waals surface area contributed by atoms with Crippen molar-refractivity contribution >= 4 is 29.1 Å². The van der Waals surface area contributed by atoms with Crippen LogP contribution in [0.2, 0.25) is 0 Å². The van der Waals surface area contributed by atoms with Gasteiger partial charge in [-0.05, 0) is 44.2 Å². The van der Waals surface area contributed by atoms with E-state index in [-0.39, 0.29) is 0 Å². The number of nitrogens with zero attached hydrogens (tertiary/aromatic N) is 3. The molecule has 0 aromatic carbocycles. The molecule has 1 unspecified atom stereocenters. The van der Waals surface area contributed by atoms with Gasteiger partial charge in [-0.15, -0.1) is 11.3 Å². The largest absolute Gasteiger partial charge is 0.355 e. The second kappa shape index (κ2) is 7.67. The molecule has 1 N–H and O–H groups in total. The molecule has 0 saturated carbocycles. The molecule has 2 aliphatic rings. The molecule has 1 saturated heterocycles. The molecule has 6 heteroatoms. The maximum atomic E-state index is 4.53. The third kappa shape index (κ3) is 4.27. The average Bonchev–Trinajstić information content (AvgIpc) is 3.02. The van der Waals surface area contributed by atoms with E-state index in [4.69, 9.17) is 0 Å². The van der Waals surface area contributed by atoms with Gasteiger partial charge in [-0.2, -0.15) is 11.8 Å². The first-order chi connectivity index (χ1) is 11.5. The van der Waals surface area contributed by atoms with Crippen LogP contribution in [-0.4, -0.2) is 65.5 Å². The van der Waals surface area contributed by atoms with E-state index >= 15 is 0 Å². The number of thioether (sulfide) groups is 1. The first kappa shape index (κ1) is 18.1. The van der Waals surface area contributed by atoms with Crippen molar-refractivity contribution in [2.24, 2.45) is 4.99 Å². The molecule has 0 bridgehead atoms. The van der Waals surface area contributed by atoms with Crippen LogP contribution < -0.4 is 5.32 Å². The van der Waals surface area contributed by atoms with E-state index in [9.17, 15) is 0 Å². The highest BCUT2D eigenvalue weighted by Crippen LogP contribution is 2.29. The number of guanidine groups is 1. The van der Waals surface area contributed by atoms with Crippen molar-refractivity contribution in [1.29, 1.82) is 0 Å². The van der Waals surface area contributed by atoms with Crippen LogP contribution >= 0.6 is 23.1 Å². The molecule has 3 rings (SSSR count). The topological polar surface area (TPSA) is 30.9 Å². The van der Waals surface area contributed by atoms with Gasteiger partial charge < -0.3 is 10.2 Å². The fraction of sp³-hybridized carbons (Fsp3) is 0.722. The molecule has 24 heavy (non-hydrogen) atoms. The van der Waals surface area contributed by atoms with Gasteiger partial charge in [0.15, 0.2) is 5.96 Å². The van der Waals surface area contributed by atoms with Gasteiger partial charge in [-0.3, -0.25) is 9.89 Å². The SMILES string of the molecule is CN=C(NCC(C)N1CCc2sccc2C1)N1CCSC(C)(C)C1. The number of thiophene rings is 1. The minimum atomic E-state index is 0.309. The summed E-state index contributed by atoms with van der Waals surface area (Å²) in [7, 11) is 1.90. The summed E-state index contributed by atoms with van der Waals surface area (Å²) < 4.78 is 0.309. The van der Waals surface area contributed by atoms with Gasteiger partial charge in [0, 0.05) is 61.2 Å². The van der Waals surface area contributed by atoms with E-state index in [1.54, 1.807) is 4.88 Å². The second-order valence-corrected chi connectivity index (χ2v) is 10.2. The Kier molecular flexibility index (Phi) is 5.78. The van der Waals surface area contributed by atoms with Gasteiger partial charge in [0.05, 0.1) is 0 Å². The average molecular weight is 367 g/mol. The lowest BCUT2D eigenvalue weighted by atomic mass is 10.1. The monoisotopic (exact) mass is 366 g/mol. The Morgan fingerprint density at radius 2 is 2.25 bits per heavy atom. The summed E-state index contributed by atoms with van der Waals surface area (Å²) in [5.41, 5.74) is 1.53. The number of rotatable bonds is 3.